The summed E-state index contributed by atoms with van der Waals surface area (Å²) in [5.41, 5.74) is 7.44. The highest BCUT2D eigenvalue weighted by Gasteiger charge is 2.24. The van der Waals surface area contributed by atoms with Gasteiger partial charge in [0.2, 0.25) is 0 Å². The predicted molar refractivity (Wildman–Crippen MR) is 92.7 cm³/mol. The smallest absolute Gasteiger partial charge is 0.410 e. The summed E-state index contributed by atoms with van der Waals surface area (Å²) >= 11 is 0. The molecule has 1 amide bonds. The SMILES string of the molecule is Nc1cccc(OC2CCN(C(=O)OCc3ccccc3)CC2)c1. The number of hydrogen-bond acceptors (Lipinski definition) is 4. The number of carbonyl (C=O) groups excluding carboxylic acids is 1. The number of hydrogen-bond donors (Lipinski definition) is 1. The number of piperidine rings is 1. The van der Waals surface area contributed by atoms with E-state index in [1.54, 1.807) is 4.90 Å². The first-order chi connectivity index (χ1) is 11.7. The van der Waals surface area contributed by atoms with Crippen LogP contribution in [0, 0.1) is 0 Å². The van der Waals surface area contributed by atoms with Crippen molar-refractivity contribution < 1.29 is 14.3 Å². The summed E-state index contributed by atoms with van der Waals surface area (Å²) in [5.74, 6) is 0.778. The van der Waals surface area contributed by atoms with Crippen LogP contribution in [0.2, 0.25) is 0 Å². The van der Waals surface area contributed by atoms with Crippen molar-refractivity contribution in [3.8, 4) is 5.75 Å². The van der Waals surface area contributed by atoms with Crippen molar-refractivity contribution >= 4 is 11.8 Å². The van der Waals surface area contributed by atoms with Crippen LogP contribution in [0.1, 0.15) is 18.4 Å². The van der Waals surface area contributed by atoms with Gasteiger partial charge in [0.25, 0.3) is 0 Å². The lowest BCUT2D eigenvalue weighted by molar-refractivity contribution is 0.0638. The lowest BCUT2D eigenvalue weighted by Gasteiger charge is -2.31. The van der Waals surface area contributed by atoms with Gasteiger partial charge in [-0.25, -0.2) is 4.79 Å². The predicted octanol–water partition coefficient (Wildman–Crippen LogP) is 3.45. The van der Waals surface area contributed by atoms with Crippen LogP contribution in [0.25, 0.3) is 0 Å². The summed E-state index contributed by atoms with van der Waals surface area (Å²) in [4.78, 5) is 13.9. The number of nitrogen functional groups attached to an aromatic ring is 1. The average molecular weight is 326 g/mol. The number of rotatable bonds is 4. The van der Waals surface area contributed by atoms with Crippen molar-refractivity contribution in [2.75, 3.05) is 18.8 Å². The second-order valence-corrected chi connectivity index (χ2v) is 5.92. The molecular weight excluding hydrogens is 304 g/mol. The molecule has 2 aromatic carbocycles. The van der Waals surface area contributed by atoms with Gasteiger partial charge in [-0.05, 0) is 17.7 Å². The quantitative estimate of drug-likeness (QED) is 0.874. The van der Waals surface area contributed by atoms with E-state index in [-0.39, 0.29) is 12.2 Å². The molecule has 5 heteroatoms. The molecule has 126 valence electrons. The molecule has 0 unspecified atom stereocenters. The van der Waals surface area contributed by atoms with Crippen molar-refractivity contribution in [2.24, 2.45) is 0 Å². The van der Waals surface area contributed by atoms with E-state index in [2.05, 4.69) is 0 Å². The Kier molecular flexibility index (Phi) is 5.21. The van der Waals surface area contributed by atoms with Crippen LogP contribution in [0.15, 0.2) is 54.6 Å². The topological polar surface area (TPSA) is 64.8 Å². The van der Waals surface area contributed by atoms with E-state index in [0.29, 0.717) is 25.4 Å². The first kappa shape index (κ1) is 16.2. The van der Waals surface area contributed by atoms with Gasteiger partial charge in [0.15, 0.2) is 0 Å². The van der Waals surface area contributed by atoms with Gasteiger partial charge in [0.05, 0.1) is 0 Å². The van der Waals surface area contributed by atoms with Crippen molar-refractivity contribution in [3.63, 3.8) is 0 Å². The van der Waals surface area contributed by atoms with Gasteiger partial charge in [0.1, 0.15) is 18.5 Å². The molecule has 2 aromatic rings. The van der Waals surface area contributed by atoms with Crippen molar-refractivity contribution in [1.29, 1.82) is 0 Å². The molecule has 0 atom stereocenters. The Morgan fingerprint density at radius 2 is 1.83 bits per heavy atom. The van der Waals surface area contributed by atoms with E-state index in [0.717, 1.165) is 24.2 Å². The largest absolute Gasteiger partial charge is 0.490 e. The van der Waals surface area contributed by atoms with E-state index in [4.69, 9.17) is 15.2 Å². The summed E-state index contributed by atoms with van der Waals surface area (Å²) in [6.45, 7) is 1.58. The molecule has 0 spiro atoms. The zero-order chi connectivity index (χ0) is 16.8. The highest BCUT2D eigenvalue weighted by molar-refractivity contribution is 5.67. The summed E-state index contributed by atoms with van der Waals surface area (Å²) < 4.78 is 11.3. The molecule has 2 N–H and O–H groups in total. The maximum absolute atomic E-state index is 12.1. The third-order valence-corrected chi connectivity index (χ3v) is 4.07. The van der Waals surface area contributed by atoms with Crippen LogP contribution in [-0.2, 0) is 11.3 Å². The lowest BCUT2D eigenvalue weighted by Crippen LogP contribution is -2.42. The molecule has 0 saturated carbocycles. The van der Waals surface area contributed by atoms with Gasteiger partial charge in [-0.15, -0.1) is 0 Å². The Balaban J connectivity index is 1.43. The van der Waals surface area contributed by atoms with Crippen LogP contribution in [-0.4, -0.2) is 30.2 Å². The fourth-order valence-electron chi connectivity index (χ4n) is 2.75. The Hall–Kier alpha value is -2.69. The fourth-order valence-corrected chi connectivity index (χ4v) is 2.75. The molecule has 1 aliphatic heterocycles. The monoisotopic (exact) mass is 326 g/mol. The first-order valence-electron chi connectivity index (χ1n) is 8.18. The molecule has 0 radical (unpaired) electrons. The van der Waals surface area contributed by atoms with Crippen LogP contribution in [0.5, 0.6) is 5.75 Å². The summed E-state index contributed by atoms with van der Waals surface area (Å²) in [6.07, 6.45) is 1.41. The maximum atomic E-state index is 12.1. The molecule has 5 nitrogen and oxygen atoms in total. The number of benzene rings is 2. The number of ether oxygens (including phenoxy) is 2. The Labute approximate surface area is 142 Å². The van der Waals surface area contributed by atoms with Gasteiger partial charge in [-0.1, -0.05) is 36.4 Å². The van der Waals surface area contributed by atoms with Gasteiger partial charge >= 0.3 is 6.09 Å². The van der Waals surface area contributed by atoms with Crippen molar-refractivity contribution in [2.45, 2.75) is 25.6 Å². The Morgan fingerprint density at radius 3 is 2.54 bits per heavy atom. The molecule has 1 fully saturated rings. The number of carbonyl (C=O) groups is 1. The summed E-state index contributed by atoms with van der Waals surface area (Å²) in [5, 5.41) is 0. The zero-order valence-electron chi connectivity index (χ0n) is 13.6. The highest BCUT2D eigenvalue weighted by atomic mass is 16.6. The van der Waals surface area contributed by atoms with Crippen molar-refractivity contribution in [3.05, 3.63) is 60.2 Å². The molecule has 0 bridgehead atoms. The minimum Gasteiger partial charge on any atom is -0.490 e. The van der Waals surface area contributed by atoms with Crippen LogP contribution >= 0.6 is 0 Å². The molecular formula is C19H22N2O3. The molecule has 1 aliphatic rings. The molecule has 1 heterocycles. The van der Waals surface area contributed by atoms with Gasteiger partial charge in [-0.2, -0.15) is 0 Å². The molecule has 0 aliphatic carbocycles. The van der Waals surface area contributed by atoms with E-state index < -0.39 is 0 Å². The third kappa shape index (κ3) is 4.41. The molecule has 3 rings (SSSR count). The van der Waals surface area contributed by atoms with Crippen LogP contribution in [0.3, 0.4) is 0 Å². The molecule has 1 saturated heterocycles. The van der Waals surface area contributed by atoms with E-state index in [1.807, 2.05) is 54.6 Å². The van der Waals surface area contributed by atoms with Gasteiger partial charge in [-0.3, -0.25) is 0 Å². The molecule has 24 heavy (non-hydrogen) atoms. The number of nitrogens with zero attached hydrogens (tertiary/aromatic N) is 1. The molecule has 0 aromatic heterocycles. The highest BCUT2D eigenvalue weighted by Crippen LogP contribution is 2.21. The fraction of sp³-hybridized carbons (Fsp3) is 0.316. The number of nitrogens with two attached hydrogens (primary N) is 1. The number of likely N-dealkylation sites (tertiary alicyclic amines) is 1. The van der Waals surface area contributed by atoms with E-state index in [9.17, 15) is 4.79 Å². The minimum absolute atomic E-state index is 0.102. The van der Waals surface area contributed by atoms with Crippen molar-refractivity contribution in [1.82, 2.24) is 4.90 Å². The normalized spacial score (nSPS) is 15.1. The number of anilines is 1. The first-order valence-corrected chi connectivity index (χ1v) is 8.18. The van der Waals surface area contributed by atoms with Crippen LogP contribution < -0.4 is 10.5 Å². The minimum atomic E-state index is -0.263. The lowest BCUT2D eigenvalue weighted by atomic mass is 10.1. The Morgan fingerprint density at radius 1 is 1.08 bits per heavy atom. The second-order valence-electron chi connectivity index (χ2n) is 5.92. The summed E-state index contributed by atoms with van der Waals surface area (Å²) in [6, 6.07) is 17.1. The Bertz CT molecular complexity index is 667. The van der Waals surface area contributed by atoms with E-state index in [1.165, 1.54) is 0 Å². The van der Waals surface area contributed by atoms with E-state index >= 15 is 0 Å². The maximum Gasteiger partial charge on any atom is 0.410 e. The van der Waals surface area contributed by atoms with Gasteiger partial charge in [0, 0.05) is 37.7 Å². The zero-order valence-corrected chi connectivity index (χ0v) is 13.6. The van der Waals surface area contributed by atoms with Gasteiger partial charge < -0.3 is 20.1 Å². The summed E-state index contributed by atoms with van der Waals surface area (Å²) in [7, 11) is 0. The second kappa shape index (κ2) is 7.73. The number of amides is 1. The standard InChI is InChI=1S/C19H22N2O3/c20-16-7-4-8-18(13-16)24-17-9-11-21(12-10-17)19(22)23-14-15-5-2-1-3-6-15/h1-8,13,17H,9-12,14,20H2. The van der Waals surface area contributed by atoms with Crippen LogP contribution in [0.4, 0.5) is 10.5 Å². The average Bonchev–Trinajstić information content (AvgIpc) is 2.61. The third-order valence-electron chi connectivity index (χ3n) is 4.07.